The first-order valence-electron chi connectivity index (χ1n) is 4.41. The van der Waals surface area contributed by atoms with Crippen molar-refractivity contribution in [1.29, 1.82) is 0 Å². The first-order valence-corrected chi connectivity index (χ1v) is 5.53. The third kappa shape index (κ3) is 3.42. The molecule has 0 spiro atoms. The summed E-state index contributed by atoms with van der Waals surface area (Å²) in [5.74, 6) is 0. The summed E-state index contributed by atoms with van der Waals surface area (Å²) in [4.78, 5) is 0. The van der Waals surface area contributed by atoms with Gasteiger partial charge in [0.1, 0.15) is 0 Å². The van der Waals surface area contributed by atoms with Crippen LogP contribution in [0.15, 0.2) is 12.7 Å². The highest BCUT2D eigenvalue weighted by Crippen LogP contribution is 2.33. The van der Waals surface area contributed by atoms with Crippen molar-refractivity contribution < 1.29 is 0 Å². The zero-order chi connectivity index (χ0) is 8.74. The minimum Gasteiger partial charge on any atom is -0.103 e. The van der Waals surface area contributed by atoms with Crippen molar-refractivity contribution in [3.8, 4) is 0 Å². The quantitative estimate of drug-likeness (QED) is 0.465. The van der Waals surface area contributed by atoms with Crippen LogP contribution in [0.3, 0.4) is 0 Å². The van der Waals surface area contributed by atoms with Gasteiger partial charge in [0.15, 0.2) is 0 Å². The molecule has 0 saturated heterocycles. The lowest BCUT2D eigenvalue weighted by atomic mass is 9.80. The SMILES string of the molecule is C=CCCC(CC)(CC)CBr. The topological polar surface area (TPSA) is 0 Å². The van der Waals surface area contributed by atoms with E-state index in [1.165, 1.54) is 19.3 Å². The minimum atomic E-state index is 0.522. The van der Waals surface area contributed by atoms with Gasteiger partial charge in [-0.25, -0.2) is 0 Å². The van der Waals surface area contributed by atoms with Gasteiger partial charge in [0.2, 0.25) is 0 Å². The molecule has 0 nitrogen and oxygen atoms in total. The van der Waals surface area contributed by atoms with Gasteiger partial charge in [-0.2, -0.15) is 0 Å². The van der Waals surface area contributed by atoms with E-state index in [0.717, 1.165) is 11.8 Å². The maximum absolute atomic E-state index is 3.75. The standard InChI is InChI=1S/C10H19Br/c1-4-7-8-10(5-2,6-3)9-11/h4H,1,5-9H2,2-3H3. The third-order valence-electron chi connectivity index (χ3n) is 2.66. The fourth-order valence-electron chi connectivity index (χ4n) is 1.27. The van der Waals surface area contributed by atoms with E-state index in [1.54, 1.807) is 0 Å². The normalized spacial score (nSPS) is 11.5. The van der Waals surface area contributed by atoms with E-state index in [4.69, 9.17) is 0 Å². The molecule has 0 aromatic heterocycles. The van der Waals surface area contributed by atoms with Gasteiger partial charge in [-0.05, 0) is 31.1 Å². The minimum absolute atomic E-state index is 0.522. The Bertz CT molecular complexity index is 95.2. The van der Waals surface area contributed by atoms with Crippen LogP contribution in [0, 0.1) is 5.41 Å². The Kier molecular flexibility index (Phi) is 5.93. The lowest BCUT2D eigenvalue weighted by molar-refractivity contribution is 0.286. The van der Waals surface area contributed by atoms with Crippen LogP contribution in [0.4, 0.5) is 0 Å². The highest BCUT2D eigenvalue weighted by atomic mass is 79.9. The Hall–Kier alpha value is 0.220. The van der Waals surface area contributed by atoms with Crippen LogP contribution in [0.1, 0.15) is 39.5 Å². The number of hydrogen-bond acceptors (Lipinski definition) is 0. The summed E-state index contributed by atoms with van der Waals surface area (Å²) in [5, 5.41) is 1.13. The zero-order valence-electron chi connectivity index (χ0n) is 7.70. The fraction of sp³-hybridized carbons (Fsp3) is 0.800. The molecule has 0 bridgehead atoms. The van der Waals surface area contributed by atoms with Gasteiger partial charge in [-0.3, -0.25) is 0 Å². The van der Waals surface area contributed by atoms with Crippen LogP contribution in [0.2, 0.25) is 0 Å². The zero-order valence-corrected chi connectivity index (χ0v) is 9.28. The first-order chi connectivity index (χ1) is 5.24. The highest BCUT2D eigenvalue weighted by molar-refractivity contribution is 9.09. The summed E-state index contributed by atoms with van der Waals surface area (Å²) in [5.41, 5.74) is 0.522. The summed E-state index contributed by atoms with van der Waals surface area (Å²) in [6, 6.07) is 0. The average molecular weight is 219 g/mol. The monoisotopic (exact) mass is 218 g/mol. The lowest BCUT2D eigenvalue weighted by Crippen LogP contribution is -2.20. The predicted octanol–water partition coefficient (Wildman–Crippen LogP) is 4.15. The van der Waals surface area contributed by atoms with Crippen molar-refractivity contribution in [2.75, 3.05) is 5.33 Å². The van der Waals surface area contributed by atoms with Gasteiger partial charge in [0.05, 0.1) is 0 Å². The summed E-state index contributed by atoms with van der Waals surface area (Å²) < 4.78 is 0. The van der Waals surface area contributed by atoms with Crippen LogP contribution in [-0.4, -0.2) is 5.33 Å². The Morgan fingerprint density at radius 3 is 2.18 bits per heavy atom. The van der Waals surface area contributed by atoms with Gasteiger partial charge >= 0.3 is 0 Å². The second kappa shape index (κ2) is 5.82. The van der Waals surface area contributed by atoms with Crippen molar-refractivity contribution in [2.24, 2.45) is 5.41 Å². The smallest absolute Gasteiger partial charge is 0.00878 e. The van der Waals surface area contributed by atoms with Gasteiger partial charge < -0.3 is 0 Å². The van der Waals surface area contributed by atoms with Crippen molar-refractivity contribution in [3.05, 3.63) is 12.7 Å². The van der Waals surface area contributed by atoms with Crippen molar-refractivity contribution in [3.63, 3.8) is 0 Å². The molecule has 0 unspecified atom stereocenters. The van der Waals surface area contributed by atoms with Crippen LogP contribution in [0.25, 0.3) is 0 Å². The van der Waals surface area contributed by atoms with E-state index in [-0.39, 0.29) is 0 Å². The molecule has 0 atom stereocenters. The Morgan fingerprint density at radius 1 is 1.36 bits per heavy atom. The van der Waals surface area contributed by atoms with Crippen molar-refractivity contribution in [1.82, 2.24) is 0 Å². The molecule has 0 fully saturated rings. The number of hydrogen-bond donors (Lipinski definition) is 0. The molecule has 0 heterocycles. The summed E-state index contributed by atoms with van der Waals surface area (Å²) in [6.07, 6.45) is 6.97. The van der Waals surface area contributed by atoms with E-state index < -0.39 is 0 Å². The molecule has 0 rings (SSSR count). The fourth-order valence-corrected chi connectivity index (χ4v) is 2.34. The molecule has 0 N–H and O–H groups in total. The molecule has 0 amide bonds. The largest absolute Gasteiger partial charge is 0.103 e. The summed E-state index contributed by atoms with van der Waals surface area (Å²) in [6.45, 7) is 8.29. The molecule has 0 aromatic rings. The van der Waals surface area contributed by atoms with Crippen LogP contribution < -0.4 is 0 Å². The molecule has 0 aliphatic heterocycles. The van der Waals surface area contributed by atoms with Crippen LogP contribution in [-0.2, 0) is 0 Å². The van der Waals surface area contributed by atoms with E-state index >= 15 is 0 Å². The van der Waals surface area contributed by atoms with E-state index in [1.807, 2.05) is 6.08 Å². The number of alkyl halides is 1. The number of allylic oxidation sites excluding steroid dienone is 1. The summed E-state index contributed by atoms with van der Waals surface area (Å²) in [7, 11) is 0. The molecular weight excluding hydrogens is 200 g/mol. The van der Waals surface area contributed by atoms with Gasteiger partial charge in [-0.1, -0.05) is 35.9 Å². The molecule has 0 aliphatic carbocycles. The Balaban J connectivity index is 3.93. The molecule has 1 heteroatoms. The molecule has 11 heavy (non-hydrogen) atoms. The van der Waals surface area contributed by atoms with Crippen molar-refractivity contribution in [2.45, 2.75) is 39.5 Å². The highest BCUT2D eigenvalue weighted by Gasteiger charge is 2.23. The lowest BCUT2D eigenvalue weighted by Gasteiger charge is -2.28. The second-order valence-electron chi connectivity index (χ2n) is 3.17. The van der Waals surface area contributed by atoms with Crippen molar-refractivity contribution >= 4 is 15.9 Å². The third-order valence-corrected chi connectivity index (χ3v) is 3.85. The second-order valence-corrected chi connectivity index (χ2v) is 3.73. The Morgan fingerprint density at radius 2 is 1.91 bits per heavy atom. The molecular formula is C10H19Br. The number of halogens is 1. The maximum Gasteiger partial charge on any atom is 0.00878 e. The average Bonchev–Trinajstić information content (AvgIpc) is 2.08. The van der Waals surface area contributed by atoms with E-state index in [9.17, 15) is 0 Å². The van der Waals surface area contributed by atoms with Gasteiger partial charge in [0, 0.05) is 5.33 Å². The van der Waals surface area contributed by atoms with Gasteiger partial charge in [0.25, 0.3) is 0 Å². The molecule has 0 radical (unpaired) electrons. The Labute approximate surface area is 79.2 Å². The number of rotatable bonds is 6. The van der Waals surface area contributed by atoms with Crippen LogP contribution >= 0.6 is 15.9 Å². The molecule has 0 saturated carbocycles. The van der Waals surface area contributed by atoms with Crippen LogP contribution in [0.5, 0.6) is 0 Å². The molecule has 0 aliphatic rings. The van der Waals surface area contributed by atoms with E-state index in [0.29, 0.717) is 5.41 Å². The first kappa shape index (κ1) is 11.2. The maximum atomic E-state index is 3.75. The molecule has 0 aromatic carbocycles. The van der Waals surface area contributed by atoms with Gasteiger partial charge in [-0.15, -0.1) is 6.58 Å². The molecule has 66 valence electrons. The van der Waals surface area contributed by atoms with E-state index in [2.05, 4.69) is 36.4 Å². The predicted molar refractivity (Wildman–Crippen MR) is 56.2 cm³/mol. The summed E-state index contributed by atoms with van der Waals surface area (Å²) >= 11 is 3.59.